The van der Waals surface area contributed by atoms with Crippen LogP contribution in [0.15, 0.2) is 24.3 Å². The smallest absolute Gasteiger partial charge is 0.246 e. The van der Waals surface area contributed by atoms with E-state index < -0.39 is 0 Å². The van der Waals surface area contributed by atoms with E-state index >= 15 is 0 Å². The number of unbranched alkanes of at least 4 members (excludes halogenated alkanes) is 1. The third-order valence-electron chi connectivity index (χ3n) is 4.16. The fraction of sp³-hybridized carbons (Fsp3) is 0.556. The number of amides is 2. The third kappa shape index (κ3) is 4.66. The summed E-state index contributed by atoms with van der Waals surface area (Å²) in [5, 5.41) is 0. The Morgan fingerprint density at radius 3 is 2.92 bits per heavy atom. The highest BCUT2D eigenvalue weighted by atomic mass is 32.2. The highest BCUT2D eigenvalue weighted by Crippen LogP contribution is 2.24. The lowest BCUT2D eigenvalue weighted by molar-refractivity contribution is -0.143. The van der Waals surface area contributed by atoms with Gasteiger partial charge in [0.05, 0.1) is 13.0 Å². The molecular formula is C18H26N2O3S. The molecule has 2 amide bonds. The Morgan fingerprint density at radius 1 is 1.42 bits per heavy atom. The Hall–Kier alpha value is -1.69. The van der Waals surface area contributed by atoms with Gasteiger partial charge in [0, 0.05) is 25.8 Å². The second-order valence-corrected chi connectivity index (χ2v) is 7.03. The molecule has 24 heavy (non-hydrogen) atoms. The summed E-state index contributed by atoms with van der Waals surface area (Å²) < 4.78 is 5.22. The standard InChI is InChI=1S/C18H26N2O3S/c1-4-5-9-17(21)20-13-24-12-16(20)18(22)19(2)11-14-7-6-8-15(10-14)23-3/h6-8,10,16H,4-5,9,11-13H2,1-3H3. The van der Waals surface area contributed by atoms with Gasteiger partial charge in [0.15, 0.2) is 0 Å². The first-order valence-corrected chi connectivity index (χ1v) is 9.47. The number of thioether (sulfide) groups is 1. The summed E-state index contributed by atoms with van der Waals surface area (Å²) in [6.07, 6.45) is 2.39. The molecule has 0 aromatic heterocycles. The topological polar surface area (TPSA) is 49.9 Å². The zero-order valence-corrected chi connectivity index (χ0v) is 15.5. The minimum absolute atomic E-state index is 0.00710. The van der Waals surface area contributed by atoms with Crippen molar-refractivity contribution in [2.45, 2.75) is 38.8 Å². The predicted molar refractivity (Wildman–Crippen MR) is 97.0 cm³/mol. The van der Waals surface area contributed by atoms with Crippen LogP contribution in [0.3, 0.4) is 0 Å². The summed E-state index contributed by atoms with van der Waals surface area (Å²) in [4.78, 5) is 28.5. The Balaban J connectivity index is 1.99. The number of hydrogen-bond donors (Lipinski definition) is 0. The van der Waals surface area contributed by atoms with Gasteiger partial charge >= 0.3 is 0 Å². The van der Waals surface area contributed by atoms with Crippen LogP contribution in [0.4, 0.5) is 0 Å². The molecule has 0 radical (unpaired) electrons. The Kier molecular flexibility index (Phi) is 6.97. The van der Waals surface area contributed by atoms with Gasteiger partial charge in [-0.2, -0.15) is 0 Å². The number of benzene rings is 1. The van der Waals surface area contributed by atoms with Crippen LogP contribution in [-0.4, -0.2) is 53.4 Å². The lowest BCUT2D eigenvalue weighted by Gasteiger charge is -2.27. The molecule has 2 rings (SSSR count). The van der Waals surface area contributed by atoms with Crippen molar-refractivity contribution in [2.75, 3.05) is 25.8 Å². The van der Waals surface area contributed by atoms with Crippen LogP contribution >= 0.6 is 11.8 Å². The zero-order valence-electron chi connectivity index (χ0n) is 14.7. The largest absolute Gasteiger partial charge is 0.497 e. The summed E-state index contributed by atoms with van der Waals surface area (Å²) in [6.45, 7) is 2.57. The van der Waals surface area contributed by atoms with Crippen molar-refractivity contribution in [1.82, 2.24) is 9.80 Å². The van der Waals surface area contributed by atoms with Crippen molar-refractivity contribution in [3.05, 3.63) is 29.8 Å². The average molecular weight is 350 g/mol. The first-order valence-electron chi connectivity index (χ1n) is 8.32. The van der Waals surface area contributed by atoms with Crippen molar-refractivity contribution < 1.29 is 14.3 Å². The predicted octanol–water partition coefficient (Wildman–Crippen LogP) is 2.75. The number of carbonyl (C=O) groups excluding carboxylic acids is 2. The summed E-state index contributed by atoms with van der Waals surface area (Å²) in [5.41, 5.74) is 1.01. The molecule has 0 aliphatic carbocycles. The molecule has 1 saturated heterocycles. The first-order chi connectivity index (χ1) is 11.6. The van der Waals surface area contributed by atoms with Crippen LogP contribution in [0, 0.1) is 0 Å². The van der Waals surface area contributed by atoms with Crippen molar-refractivity contribution in [3.63, 3.8) is 0 Å². The number of carbonyl (C=O) groups is 2. The Bertz CT molecular complexity index is 579. The van der Waals surface area contributed by atoms with Crippen LogP contribution in [0.2, 0.25) is 0 Å². The highest BCUT2D eigenvalue weighted by Gasteiger charge is 2.35. The van der Waals surface area contributed by atoms with Gasteiger partial charge in [0.2, 0.25) is 11.8 Å². The number of likely N-dealkylation sites (N-methyl/N-ethyl adjacent to an activating group) is 1. The molecule has 1 unspecified atom stereocenters. The van der Waals surface area contributed by atoms with Gasteiger partial charge in [-0.1, -0.05) is 25.5 Å². The minimum Gasteiger partial charge on any atom is -0.497 e. The SMILES string of the molecule is CCCCC(=O)N1CSCC1C(=O)N(C)Cc1cccc(OC)c1. The van der Waals surface area contributed by atoms with Gasteiger partial charge in [-0.3, -0.25) is 9.59 Å². The lowest BCUT2D eigenvalue weighted by atomic mass is 10.1. The van der Waals surface area contributed by atoms with Gasteiger partial charge in [0.25, 0.3) is 0 Å². The molecule has 1 atom stereocenters. The number of nitrogens with zero attached hydrogens (tertiary/aromatic N) is 2. The summed E-state index contributed by atoms with van der Waals surface area (Å²) >= 11 is 1.65. The van der Waals surface area contributed by atoms with E-state index in [1.54, 1.807) is 35.7 Å². The third-order valence-corrected chi connectivity index (χ3v) is 5.17. The molecule has 1 aliphatic rings. The van der Waals surface area contributed by atoms with Crippen molar-refractivity contribution in [2.24, 2.45) is 0 Å². The fourth-order valence-electron chi connectivity index (χ4n) is 2.74. The summed E-state index contributed by atoms with van der Waals surface area (Å²) in [5.74, 6) is 2.18. The maximum atomic E-state index is 12.8. The van der Waals surface area contributed by atoms with Crippen molar-refractivity contribution in [3.8, 4) is 5.75 Å². The summed E-state index contributed by atoms with van der Waals surface area (Å²) in [6, 6.07) is 7.36. The van der Waals surface area contributed by atoms with E-state index in [9.17, 15) is 9.59 Å². The average Bonchev–Trinajstić information content (AvgIpc) is 3.08. The van der Waals surface area contributed by atoms with E-state index in [-0.39, 0.29) is 17.9 Å². The molecule has 1 fully saturated rings. The second kappa shape index (κ2) is 8.97. The van der Waals surface area contributed by atoms with E-state index in [1.165, 1.54) is 0 Å². The molecule has 1 heterocycles. The normalized spacial score (nSPS) is 17.0. The molecular weight excluding hydrogens is 324 g/mol. The lowest BCUT2D eigenvalue weighted by Crippen LogP contribution is -2.47. The molecule has 5 nitrogen and oxygen atoms in total. The van der Waals surface area contributed by atoms with E-state index in [1.807, 2.05) is 24.3 Å². The van der Waals surface area contributed by atoms with Crippen LogP contribution < -0.4 is 4.74 Å². The maximum Gasteiger partial charge on any atom is 0.246 e. The van der Waals surface area contributed by atoms with Gasteiger partial charge in [-0.05, 0) is 24.1 Å². The molecule has 1 aliphatic heterocycles. The minimum atomic E-state index is -0.338. The number of hydrogen-bond acceptors (Lipinski definition) is 4. The Labute approximate surface area is 148 Å². The quantitative estimate of drug-likeness (QED) is 0.759. The molecule has 1 aromatic rings. The highest BCUT2D eigenvalue weighted by molar-refractivity contribution is 7.99. The number of ether oxygens (including phenoxy) is 1. The van der Waals surface area contributed by atoms with Crippen LogP contribution in [-0.2, 0) is 16.1 Å². The van der Waals surface area contributed by atoms with E-state index in [0.29, 0.717) is 24.6 Å². The molecule has 6 heteroatoms. The Morgan fingerprint density at radius 2 is 2.21 bits per heavy atom. The maximum absolute atomic E-state index is 12.8. The molecule has 1 aromatic carbocycles. The van der Waals surface area contributed by atoms with E-state index in [0.717, 1.165) is 24.2 Å². The molecule has 0 bridgehead atoms. The molecule has 0 spiro atoms. The number of methoxy groups -OCH3 is 1. The fourth-order valence-corrected chi connectivity index (χ4v) is 3.91. The monoisotopic (exact) mass is 350 g/mol. The van der Waals surface area contributed by atoms with Gasteiger partial charge in [-0.25, -0.2) is 0 Å². The molecule has 0 N–H and O–H groups in total. The van der Waals surface area contributed by atoms with Gasteiger partial charge < -0.3 is 14.5 Å². The summed E-state index contributed by atoms with van der Waals surface area (Å²) in [7, 11) is 3.42. The number of rotatable bonds is 7. The van der Waals surface area contributed by atoms with E-state index in [4.69, 9.17) is 4.74 Å². The van der Waals surface area contributed by atoms with Gasteiger partial charge in [-0.15, -0.1) is 11.8 Å². The molecule has 132 valence electrons. The first kappa shape index (κ1) is 18.6. The second-order valence-electron chi connectivity index (χ2n) is 6.03. The van der Waals surface area contributed by atoms with Crippen molar-refractivity contribution >= 4 is 23.6 Å². The van der Waals surface area contributed by atoms with Crippen LogP contribution in [0.25, 0.3) is 0 Å². The van der Waals surface area contributed by atoms with Crippen LogP contribution in [0.5, 0.6) is 5.75 Å². The van der Waals surface area contributed by atoms with Gasteiger partial charge in [0.1, 0.15) is 11.8 Å². The van der Waals surface area contributed by atoms with Crippen LogP contribution in [0.1, 0.15) is 31.7 Å². The van der Waals surface area contributed by atoms with Crippen molar-refractivity contribution in [1.29, 1.82) is 0 Å². The van der Waals surface area contributed by atoms with E-state index in [2.05, 4.69) is 6.92 Å². The zero-order chi connectivity index (χ0) is 17.5. The molecule has 0 saturated carbocycles.